The Balaban J connectivity index is 3.34. The highest BCUT2D eigenvalue weighted by Gasteiger charge is 2.23. The molecule has 8 heteroatoms. The van der Waals surface area contributed by atoms with Crippen molar-refractivity contribution in [2.75, 3.05) is 20.8 Å². The van der Waals surface area contributed by atoms with Crippen LogP contribution in [0.5, 0.6) is 11.5 Å². The second-order valence-corrected chi connectivity index (χ2v) is 5.75. The molecule has 0 aliphatic rings. The summed E-state index contributed by atoms with van der Waals surface area (Å²) in [6.07, 6.45) is 2.03. The first kappa shape index (κ1) is 17.0. The van der Waals surface area contributed by atoms with Gasteiger partial charge in [0, 0.05) is 12.6 Å². The zero-order chi connectivity index (χ0) is 16.0. The van der Waals surface area contributed by atoms with E-state index in [2.05, 4.69) is 11.3 Å². The molecule has 1 rings (SSSR count). The predicted octanol–water partition coefficient (Wildman–Crippen LogP) is 1.26. The maximum Gasteiger partial charge on any atom is 0.339 e. The van der Waals surface area contributed by atoms with Gasteiger partial charge >= 0.3 is 5.97 Å². The van der Waals surface area contributed by atoms with Crippen molar-refractivity contribution in [2.45, 2.75) is 11.3 Å². The smallest absolute Gasteiger partial charge is 0.339 e. The van der Waals surface area contributed by atoms with Crippen LogP contribution in [0, 0.1) is 0 Å². The number of aromatic carboxylic acids is 1. The Hall–Kier alpha value is -2.06. The van der Waals surface area contributed by atoms with Gasteiger partial charge in [-0.25, -0.2) is 17.9 Å². The van der Waals surface area contributed by atoms with Gasteiger partial charge in [0.25, 0.3) is 0 Å². The van der Waals surface area contributed by atoms with Crippen molar-refractivity contribution in [2.24, 2.45) is 0 Å². The Labute approximate surface area is 123 Å². The van der Waals surface area contributed by atoms with Crippen molar-refractivity contribution in [3.8, 4) is 11.5 Å². The van der Waals surface area contributed by atoms with Crippen LogP contribution in [0.25, 0.3) is 0 Å². The van der Waals surface area contributed by atoms with E-state index >= 15 is 0 Å². The van der Waals surface area contributed by atoms with E-state index in [1.165, 1.54) is 20.3 Å². The Morgan fingerprint density at radius 2 is 2.05 bits per heavy atom. The van der Waals surface area contributed by atoms with Crippen molar-refractivity contribution >= 4 is 16.0 Å². The van der Waals surface area contributed by atoms with E-state index in [-0.39, 0.29) is 28.5 Å². The average molecular weight is 315 g/mol. The van der Waals surface area contributed by atoms with E-state index in [9.17, 15) is 13.2 Å². The monoisotopic (exact) mass is 315 g/mol. The fourth-order valence-corrected chi connectivity index (χ4v) is 2.72. The molecule has 0 saturated heterocycles. The van der Waals surface area contributed by atoms with Gasteiger partial charge in [0.15, 0.2) is 11.5 Å². The summed E-state index contributed by atoms with van der Waals surface area (Å²) in [6.45, 7) is 3.66. The van der Waals surface area contributed by atoms with Gasteiger partial charge < -0.3 is 14.6 Å². The molecule has 2 N–H and O–H groups in total. The maximum absolute atomic E-state index is 12.1. The lowest BCUT2D eigenvalue weighted by atomic mass is 10.2. The van der Waals surface area contributed by atoms with E-state index in [0.29, 0.717) is 6.42 Å². The van der Waals surface area contributed by atoms with Gasteiger partial charge in [0.2, 0.25) is 10.0 Å². The molecule has 0 spiro atoms. The quantitative estimate of drug-likeness (QED) is 0.553. The molecule has 0 heterocycles. The number of hydrogen-bond acceptors (Lipinski definition) is 5. The van der Waals surface area contributed by atoms with Crippen LogP contribution in [0.1, 0.15) is 16.8 Å². The van der Waals surface area contributed by atoms with Gasteiger partial charge in [0.05, 0.1) is 19.1 Å². The number of carbonyl (C=O) groups is 1. The van der Waals surface area contributed by atoms with Crippen molar-refractivity contribution < 1.29 is 27.8 Å². The van der Waals surface area contributed by atoms with E-state index in [4.69, 9.17) is 14.6 Å². The molecule has 0 aliphatic heterocycles. The molecule has 0 fully saturated rings. The summed E-state index contributed by atoms with van der Waals surface area (Å²) in [5, 5.41) is 9.16. The number of carboxylic acid groups (broad SMARTS) is 1. The van der Waals surface area contributed by atoms with Gasteiger partial charge in [0.1, 0.15) is 5.56 Å². The Kier molecular flexibility index (Phi) is 5.74. The molecule has 0 aromatic heterocycles. The minimum atomic E-state index is -3.84. The summed E-state index contributed by atoms with van der Waals surface area (Å²) in [5.41, 5.74) is -0.291. The second-order valence-electron chi connectivity index (χ2n) is 3.99. The number of methoxy groups -OCH3 is 2. The standard InChI is InChI=1S/C13H17NO6S/c1-4-5-6-14-21(17,18)9-7-10(13(15)16)12(20-3)11(8-9)19-2/h4,7-8,14H,1,5-6H2,2-3H3,(H,15,16). The number of sulfonamides is 1. The first-order chi connectivity index (χ1) is 9.87. The lowest BCUT2D eigenvalue weighted by molar-refractivity contribution is 0.0692. The van der Waals surface area contributed by atoms with Crippen molar-refractivity contribution in [1.82, 2.24) is 4.72 Å². The van der Waals surface area contributed by atoms with Crippen LogP contribution < -0.4 is 14.2 Å². The molecule has 0 atom stereocenters. The SMILES string of the molecule is C=CCCNS(=O)(=O)c1cc(OC)c(OC)c(C(=O)O)c1. The lowest BCUT2D eigenvalue weighted by Gasteiger charge is -2.13. The van der Waals surface area contributed by atoms with E-state index in [0.717, 1.165) is 6.07 Å². The molecular formula is C13H17NO6S. The van der Waals surface area contributed by atoms with Gasteiger partial charge in [-0.15, -0.1) is 6.58 Å². The Morgan fingerprint density at radius 1 is 1.38 bits per heavy atom. The summed E-state index contributed by atoms with van der Waals surface area (Å²) in [6, 6.07) is 2.24. The molecule has 0 radical (unpaired) electrons. The van der Waals surface area contributed by atoms with Crippen molar-refractivity contribution in [1.29, 1.82) is 0 Å². The molecule has 1 aromatic carbocycles. The van der Waals surface area contributed by atoms with Gasteiger partial charge in [-0.05, 0) is 12.5 Å². The second kappa shape index (κ2) is 7.09. The lowest BCUT2D eigenvalue weighted by Crippen LogP contribution is -2.25. The summed E-state index contributed by atoms with van der Waals surface area (Å²) in [7, 11) is -1.27. The first-order valence-corrected chi connectivity index (χ1v) is 7.45. The van der Waals surface area contributed by atoms with Crippen molar-refractivity contribution in [3.05, 3.63) is 30.4 Å². The van der Waals surface area contributed by atoms with Crippen LogP contribution in [0.3, 0.4) is 0 Å². The van der Waals surface area contributed by atoms with Crippen LogP contribution in [-0.4, -0.2) is 40.3 Å². The number of carboxylic acids is 1. The summed E-state index contributed by atoms with van der Waals surface area (Å²) < 4.78 is 36.5. The topological polar surface area (TPSA) is 102 Å². The largest absolute Gasteiger partial charge is 0.493 e. The molecule has 0 saturated carbocycles. The van der Waals surface area contributed by atoms with Gasteiger partial charge in [-0.1, -0.05) is 6.08 Å². The maximum atomic E-state index is 12.1. The van der Waals surface area contributed by atoms with E-state index < -0.39 is 16.0 Å². The molecule has 0 aliphatic carbocycles. The number of benzene rings is 1. The van der Waals surface area contributed by atoms with Crippen LogP contribution >= 0.6 is 0 Å². The highest BCUT2D eigenvalue weighted by atomic mass is 32.2. The number of ether oxygens (including phenoxy) is 2. The fourth-order valence-electron chi connectivity index (χ4n) is 1.63. The fraction of sp³-hybridized carbons (Fsp3) is 0.308. The van der Waals surface area contributed by atoms with Crippen LogP contribution in [-0.2, 0) is 10.0 Å². The summed E-state index contributed by atoms with van der Waals surface area (Å²) in [4.78, 5) is 11.0. The molecule has 0 unspecified atom stereocenters. The van der Waals surface area contributed by atoms with Crippen LogP contribution in [0.15, 0.2) is 29.7 Å². The highest BCUT2D eigenvalue weighted by molar-refractivity contribution is 7.89. The third-order valence-corrected chi connectivity index (χ3v) is 4.07. The van der Waals surface area contributed by atoms with E-state index in [1.807, 2.05) is 0 Å². The molecule has 116 valence electrons. The summed E-state index contributed by atoms with van der Waals surface area (Å²) in [5.74, 6) is -1.31. The van der Waals surface area contributed by atoms with Crippen LogP contribution in [0.2, 0.25) is 0 Å². The van der Waals surface area contributed by atoms with E-state index in [1.54, 1.807) is 6.08 Å². The van der Waals surface area contributed by atoms with Gasteiger partial charge in [-0.2, -0.15) is 0 Å². The summed E-state index contributed by atoms with van der Waals surface area (Å²) >= 11 is 0. The zero-order valence-corrected chi connectivity index (χ0v) is 12.6. The minimum absolute atomic E-state index is 0.0292. The third kappa shape index (κ3) is 3.96. The predicted molar refractivity (Wildman–Crippen MR) is 76.5 cm³/mol. The molecule has 0 amide bonds. The molecule has 0 bridgehead atoms. The Bertz CT molecular complexity index is 638. The van der Waals surface area contributed by atoms with Crippen LogP contribution in [0.4, 0.5) is 0 Å². The highest BCUT2D eigenvalue weighted by Crippen LogP contribution is 2.34. The zero-order valence-electron chi connectivity index (χ0n) is 11.8. The first-order valence-electron chi connectivity index (χ1n) is 5.97. The normalized spacial score (nSPS) is 11.0. The molecule has 1 aromatic rings. The van der Waals surface area contributed by atoms with Gasteiger partial charge in [-0.3, -0.25) is 0 Å². The third-order valence-electron chi connectivity index (χ3n) is 2.63. The average Bonchev–Trinajstić information content (AvgIpc) is 2.45. The minimum Gasteiger partial charge on any atom is -0.493 e. The molecule has 21 heavy (non-hydrogen) atoms. The number of rotatable bonds is 8. The van der Waals surface area contributed by atoms with Crippen molar-refractivity contribution in [3.63, 3.8) is 0 Å². The molecule has 7 nitrogen and oxygen atoms in total. The number of hydrogen-bond donors (Lipinski definition) is 2. The molecular weight excluding hydrogens is 298 g/mol. The number of nitrogens with one attached hydrogen (secondary N) is 1. The Morgan fingerprint density at radius 3 is 2.52 bits per heavy atom.